The number of sulfonamides is 1. The van der Waals surface area contributed by atoms with Gasteiger partial charge in [-0.05, 0) is 55.5 Å². The van der Waals surface area contributed by atoms with Crippen LogP contribution in [0.5, 0.6) is 0 Å². The number of nitrogens with one attached hydrogen (secondary N) is 2. The lowest BCUT2D eigenvalue weighted by Gasteiger charge is -2.08. The lowest BCUT2D eigenvalue weighted by atomic mass is 10.3. The molecule has 1 aliphatic carbocycles. The number of anilines is 1. The Labute approximate surface area is 141 Å². The van der Waals surface area contributed by atoms with Crippen molar-refractivity contribution in [1.82, 2.24) is 14.5 Å². The van der Waals surface area contributed by atoms with E-state index in [1.165, 1.54) is 12.1 Å². The van der Waals surface area contributed by atoms with Crippen LogP contribution in [0, 0.1) is 12.8 Å². The number of hydrogen-bond acceptors (Lipinski definition) is 4. The summed E-state index contributed by atoms with van der Waals surface area (Å²) in [5.41, 5.74) is 1.53. The smallest absolute Gasteiger partial charge is 0.246 e. The van der Waals surface area contributed by atoms with Crippen LogP contribution in [0.1, 0.15) is 18.4 Å². The van der Waals surface area contributed by atoms with Crippen LogP contribution in [-0.4, -0.2) is 30.7 Å². The molecule has 1 aliphatic rings. The number of nitrogens with zero attached hydrogens (tertiary/aromatic N) is 2. The third-order valence-electron chi connectivity index (χ3n) is 3.78. The molecule has 3 rings (SSSR count). The second-order valence-electron chi connectivity index (χ2n) is 6.08. The van der Waals surface area contributed by atoms with Crippen LogP contribution in [0.15, 0.2) is 41.6 Å². The van der Waals surface area contributed by atoms with Crippen LogP contribution in [0.3, 0.4) is 0 Å². The van der Waals surface area contributed by atoms with Gasteiger partial charge in [0, 0.05) is 18.4 Å². The highest BCUT2D eigenvalue weighted by Crippen LogP contribution is 2.28. The fraction of sp³-hybridized carbons (Fsp3) is 0.375. The summed E-state index contributed by atoms with van der Waals surface area (Å²) in [6, 6.07) is 6.14. The van der Waals surface area contributed by atoms with Crippen LogP contribution < -0.4 is 10.0 Å². The molecule has 0 spiro atoms. The number of carbonyl (C=O) groups is 1. The first-order chi connectivity index (χ1) is 11.4. The van der Waals surface area contributed by atoms with Crippen LogP contribution in [0.25, 0.3) is 0 Å². The topological polar surface area (TPSA) is 93.1 Å². The van der Waals surface area contributed by atoms with Crippen molar-refractivity contribution in [3.63, 3.8) is 0 Å². The van der Waals surface area contributed by atoms with E-state index in [0.29, 0.717) is 18.2 Å². The molecule has 0 saturated heterocycles. The van der Waals surface area contributed by atoms with Gasteiger partial charge in [-0.1, -0.05) is 0 Å². The molecule has 8 heteroatoms. The molecule has 1 aromatic heterocycles. The van der Waals surface area contributed by atoms with Crippen molar-refractivity contribution in [2.24, 2.45) is 5.92 Å². The molecule has 0 atom stereocenters. The minimum absolute atomic E-state index is 0.108. The van der Waals surface area contributed by atoms with Gasteiger partial charge in [-0.25, -0.2) is 13.1 Å². The lowest BCUT2D eigenvalue weighted by molar-refractivity contribution is -0.116. The van der Waals surface area contributed by atoms with E-state index >= 15 is 0 Å². The number of aromatic nitrogens is 2. The maximum Gasteiger partial charge on any atom is 0.246 e. The van der Waals surface area contributed by atoms with Gasteiger partial charge in [0.15, 0.2) is 0 Å². The first kappa shape index (κ1) is 16.7. The zero-order valence-corrected chi connectivity index (χ0v) is 14.2. The molecule has 1 aromatic carbocycles. The molecule has 1 fully saturated rings. The zero-order chi connectivity index (χ0) is 17.2. The molecule has 0 bridgehead atoms. The maximum absolute atomic E-state index is 12.1. The average Bonchev–Trinajstić information content (AvgIpc) is 3.28. The second kappa shape index (κ2) is 6.74. The van der Waals surface area contributed by atoms with Crippen molar-refractivity contribution in [2.75, 3.05) is 11.9 Å². The summed E-state index contributed by atoms with van der Waals surface area (Å²) in [5, 5.41) is 6.78. The molecule has 0 unspecified atom stereocenters. The molecule has 24 heavy (non-hydrogen) atoms. The van der Waals surface area contributed by atoms with Crippen molar-refractivity contribution in [2.45, 2.75) is 31.2 Å². The van der Waals surface area contributed by atoms with Gasteiger partial charge in [-0.15, -0.1) is 0 Å². The van der Waals surface area contributed by atoms with Gasteiger partial charge in [0.25, 0.3) is 0 Å². The van der Waals surface area contributed by atoms with E-state index in [1.807, 2.05) is 6.92 Å². The van der Waals surface area contributed by atoms with Crippen LogP contribution >= 0.6 is 0 Å². The molecule has 2 N–H and O–H groups in total. The van der Waals surface area contributed by atoms with E-state index in [1.54, 1.807) is 29.2 Å². The third-order valence-corrected chi connectivity index (χ3v) is 5.21. The zero-order valence-electron chi connectivity index (χ0n) is 13.4. The molecule has 1 amide bonds. The first-order valence-electron chi connectivity index (χ1n) is 7.81. The minimum atomic E-state index is -3.48. The number of aryl methyl sites for hydroxylation is 1. The second-order valence-corrected chi connectivity index (χ2v) is 7.85. The summed E-state index contributed by atoms with van der Waals surface area (Å²) in [6.45, 7) is 2.50. The van der Waals surface area contributed by atoms with E-state index in [-0.39, 0.29) is 17.3 Å². The predicted octanol–water partition coefficient (Wildman–Crippen LogP) is 1.52. The molecule has 1 saturated carbocycles. The van der Waals surface area contributed by atoms with Gasteiger partial charge in [0.2, 0.25) is 15.9 Å². The van der Waals surface area contributed by atoms with E-state index in [4.69, 9.17) is 0 Å². The van der Waals surface area contributed by atoms with Crippen LogP contribution in [-0.2, 0) is 21.4 Å². The maximum atomic E-state index is 12.1. The van der Waals surface area contributed by atoms with E-state index in [2.05, 4.69) is 15.1 Å². The molecule has 2 aromatic rings. The molecule has 0 radical (unpaired) electrons. The summed E-state index contributed by atoms with van der Waals surface area (Å²) in [4.78, 5) is 12.2. The van der Waals surface area contributed by atoms with E-state index in [9.17, 15) is 13.2 Å². The molecule has 0 aliphatic heterocycles. The lowest BCUT2D eigenvalue weighted by Crippen LogP contribution is -2.25. The summed E-state index contributed by atoms with van der Waals surface area (Å²) in [7, 11) is -3.48. The number of benzene rings is 1. The van der Waals surface area contributed by atoms with Crippen molar-refractivity contribution in [1.29, 1.82) is 0 Å². The highest BCUT2D eigenvalue weighted by molar-refractivity contribution is 7.89. The highest BCUT2D eigenvalue weighted by Gasteiger charge is 2.24. The van der Waals surface area contributed by atoms with Gasteiger partial charge in [0.05, 0.1) is 11.1 Å². The monoisotopic (exact) mass is 348 g/mol. The van der Waals surface area contributed by atoms with Gasteiger partial charge in [-0.2, -0.15) is 5.10 Å². The Bertz CT molecular complexity index is 823. The molecule has 128 valence electrons. The van der Waals surface area contributed by atoms with Gasteiger partial charge in [0.1, 0.15) is 6.54 Å². The van der Waals surface area contributed by atoms with Crippen molar-refractivity contribution in [3.8, 4) is 0 Å². The van der Waals surface area contributed by atoms with Gasteiger partial charge < -0.3 is 5.32 Å². The van der Waals surface area contributed by atoms with E-state index < -0.39 is 10.0 Å². The molecular formula is C16H20N4O3S. The predicted molar refractivity (Wildman–Crippen MR) is 89.9 cm³/mol. The Kier molecular flexibility index (Phi) is 4.68. The van der Waals surface area contributed by atoms with Crippen molar-refractivity contribution >= 4 is 21.6 Å². The van der Waals surface area contributed by atoms with Crippen LogP contribution in [0.4, 0.5) is 5.69 Å². The fourth-order valence-corrected chi connectivity index (χ4v) is 3.37. The summed E-state index contributed by atoms with van der Waals surface area (Å²) >= 11 is 0. The normalized spacial score (nSPS) is 14.5. The summed E-state index contributed by atoms with van der Waals surface area (Å²) in [5.74, 6) is 0.254. The fourth-order valence-electron chi connectivity index (χ4n) is 2.25. The number of rotatable bonds is 7. The van der Waals surface area contributed by atoms with Gasteiger partial charge >= 0.3 is 0 Å². The molecule has 7 nitrogen and oxygen atoms in total. The Morgan fingerprint density at radius 3 is 2.58 bits per heavy atom. The Hall–Kier alpha value is -2.19. The number of carbonyl (C=O) groups excluding carboxylic acids is 1. The molecule has 1 heterocycles. The highest BCUT2D eigenvalue weighted by atomic mass is 32.2. The number of hydrogen-bond donors (Lipinski definition) is 2. The quantitative estimate of drug-likeness (QED) is 0.793. The average molecular weight is 348 g/mol. The van der Waals surface area contributed by atoms with Crippen molar-refractivity contribution < 1.29 is 13.2 Å². The Morgan fingerprint density at radius 1 is 1.29 bits per heavy atom. The van der Waals surface area contributed by atoms with Crippen LogP contribution in [0.2, 0.25) is 0 Å². The van der Waals surface area contributed by atoms with E-state index in [0.717, 1.165) is 18.4 Å². The third kappa shape index (κ3) is 4.42. The van der Waals surface area contributed by atoms with Gasteiger partial charge in [-0.3, -0.25) is 9.48 Å². The minimum Gasteiger partial charge on any atom is -0.324 e. The SMILES string of the molecule is Cc1cnn(CC(=O)Nc2ccc(S(=O)(=O)NCC3CC3)cc2)c1. The van der Waals surface area contributed by atoms with Crippen molar-refractivity contribution in [3.05, 3.63) is 42.2 Å². The standard InChI is InChI=1S/C16H20N4O3S/c1-12-8-17-20(10-12)11-16(21)19-14-4-6-15(7-5-14)24(22,23)18-9-13-2-3-13/h4-8,10,13,18H,2-3,9,11H2,1H3,(H,19,21). The Balaban J connectivity index is 1.58. The summed E-state index contributed by atoms with van der Waals surface area (Å²) < 4.78 is 28.4. The molecular weight excluding hydrogens is 328 g/mol. The number of amides is 1. The first-order valence-corrected chi connectivity index (χ1v) is 9.29. The summed E-state index contributed by atoms with van der Waals surface area (Å²) in [6.07, 6.45) is 5.63. The largest absolute Gasteiger partial charge is 0.324 e. The Morgan fingerprint density at radius 2 is 2.00 bits per heavy atom.